The Bertz CT molecular complexity index is 1110. The van der Waals surface area contributed by atoms with Crippen LogP contribution in [-0.4, -0.2) is 82.7 Å². The van der Waals surface area contributed by atoms with Crippen LogP contribution in [0.5, 0.6) is 0 Å². The minimum atomic E-state index is -0.174. The zero-order valence-corrected chi connectivity index (χ0v) is 22.4. The molecule has 2 aromatic rings. The second-order valence-electron chi connectivity index (χ2n) is 11.5. The van der Waals surface area contributed by atoms with Crippen molar-refractivity contribution in [1.29, 1.82) is 0 Å². The van der Waals surface area contributed by atoms with Gasteiger partial charge in [-0.25, -0.2) is 0 Å². The number of carbonyl (C=O) groups is 4. The van der Waals surface area contributed by atoms with Crippen LogP contribution in [0, 0.1) is 11.8 Å². The zero-order chi connectivity index (χ0) is 26.9. The monoisotopic (exact) mass is 528 g/mol. The van der Waals surface area contributed by atoms with Crippen LogP contribution in [0.25, 0.3) is 0 Å². The van der Waals surface area contributed by atoms with Crippen LogP contribution in [0.4, 0.5) is 0 Å². The van der Waals surface area contributed by atoms with Crippen molar-refractivity contribution in [3.63, 3.8) is 0 Å². The molecule has 0 saturated carbocycles. The molecule has 4 amide bonds. The highest BCUT2D eigenvalue weighted by Crippen LogP contribution is 2.30. The summed E-state index contributed by atoms with van der Waals surface area (Å²) in [5.74, 6) is 0.717. The second-order valence-corrected chi connectivity index (χ2v) is 11.5. The van der Waals surface area contributed by atoms with Gasteiger partial charge in [0.2, 0.25) is 0 Å². The van der Waals surface area contributed by atoms with Gasteiger partial charge in [0.1, 0.15) is 0 Å². The first-order valence-corrected chi connectivity index (χ1v) is 14.3. The average Bonchev–Trinajstić information content (AvgIpc) is 3.35. The summed E-state index contributed by atoms with van der Waals surface area (Å²) in [6.45, 7) is 4.47. The molecule has 0 spiro atoms. The first kappa shape index (κ1) is 25.9. The Morgan fingerprint density at radius 2 is 0.821 bits per heavy atom. The molecule has 8 nitrogen and oxygen atoms in total. The van der Waals surface area contributed by atoms with Crippen LogP contribution in [-0.2, 0) is 0 Å². The average molecular weight is 529 g/mol. The fourth-order valence-electron chi connectivity index (χ4n) is 6.66. The van der Waals surface area contributed by atoms with Gasteiger partial charge in [-0.2, -0.15) is 0 Å². The molecule has 4 aliphatic heterocycles. The molecule has 4 aliphatic rings. The summed E-state index contributed by atoms with van der Waals surface area (Å²) >= 11 is 0. The van der Waals surface area contributed by atoms with Crippen LogP contribution in [0.2, 0.25) is 0 Å². The summed E-state index contributed by atoms with van der Waals surface area (Å²) in [5, 5.41) is 0. The lowest BCUT2D eigenvalue weighted by Gasteiger charge is -2.35. The molecule has 0 unspecified atom stereocenters. The molecule has 2 saturated heterocycles. The maximum Gasteiger partial charge on any atom is 0.262 e. The smallest absolute Gasteiger partial charge is 0.262 e. The fourth-order valence-corrected chi connectivity index (χ4v) is 6.66. The Kier molecular flexibility index (Phi) is 7.32. The first-order chi connectivity index (χ1) is 19.0. The van der Waals surface area contributed by atoms with Gasteiger partial charge in [0.05, 0.1) is 35.6 Å². The number of piperidine rings is 2. The largest absolute Gasteiger partial charge is 0.286 e. The molecule has 6 rings (SSSR count). The summed E-state index contributed by atoms with van der Waals surface area (Å²) in [6, 6.07) is 14.2. The number of nitrogens with zero attached hydrogens (tertiary/aromatic N) is 4. The number of amides is 4. The SMILES string of the molecule is O=C1c2ccccc2C(=O)N1CN1CCC(CCCC2CCN(CN3C(=O)c4ccccc4C3=O)CC2)CC1. The van der Waals surface area contributed by atoms with E-state index >= 15 is 0 Å². The molecule has 2 aromatic carbocycles. The number of hydrogen-bond donors (Lipinski definition) is 0. The lowest BCUT2D eigenvalue weighted by molar-refractivity contribution is 0.0486. The molecule has 0 aliphatic carbocycles. The lowest BCUT2D eigenvalue weighted by Crippen LogP contribution is -2.44. The Hall–Kier alpha value is -3.36. The molecule has 39 heavy (non-hydrogen) atoms. The first-order valence-electron chi connectivity index (χ1n) is 14.3. The van der Waals surface area contributed by atoms with E-state index in [1.807, 2.05) is 0 Å². The third kappa shape index (κ3) is 5.15. The van der Waals surface area contributed by atoms with E-state index in [0.29, 0.717) is 47.4 Å². The van der Waals surface area contributed by atoms with Crippen molar-refractivity contribution in [1.82, 2.24) is 19.6 Å². The number of rotatable bonds is 8. The lowest BCUT2D eigenvalue weighted by atomic mass is 9.87. The predicted octanol–water partition coefficient (Wildman–Crippen LogP) is 4.09. The summed E-state index contributed by atoms with van der Waals surface area (Å²) in [6.07, 6.45) is 8.14. The number of hydrogen-bond acceptors (Lipinski definition) is 6. The Morgan fingerprint density at radius 1 is 0.513 bits per heavy atom. The normalized spacial score (nSPS) is 21.2. The van der Waals surface area contributed by atoms with Crippen molar-refractivity contribution in [2.24, 2.45) is 11.8 Å². The van der Waals surface area contributed by atoms with Gasteiger partial charge in [0.25, 0.3) is 23.6 Å². The number of benzene rings is 2. The van der Waals surface area contributed by atoms with Crippen molar-refractivity contribution in [2.45, 2.75) is 44.9 Å². The quantitative estimate of drug-likeness (QED) is 0.480. The molecular formula is C31H36N4O4. The standard InChI is InChI=1S/C31H36N4O4/c36-28-24-8-1-2-9-25(24)29(37)34(28)20-32-16-12-22(13-17-32)6-5-7-23-14-18-33(19-15-23)21-35-30(38)26-10-3-4-11-27(26)31(35)39/h1-4,8-11,22-23H,5-7,12-21H2. The van der Waals surface area contributed by atoms with Gasteiger partial charge in [-0.1, -0.05) is 43.5 Å². The topological polar surface area (TPSA) is 81.2 Å². The van der Waals surface area contributed by atoms with Gasteiger partial charge in [-0.05, 0) is 61.8 Å². The van der Waals surface area contributed by atoms with E-state index in [2.05, 4.69) is 9.80 Å². The second kappa shape index (κ2) is 11.0. The highest BCUT2D eigenvalue weighted by atomic mass is 16.2. The van der Waals surface area contributed by atoms with Gasteiger partial charge in [-0.3, -0.25) is 38.8 Å². The third-order valence-electron chi connectivity index (χ3n) is 9.08. The molecule has 204 valence electrons. The summed E-state index contributed by atoms with van der Waals surface area (Å²) in [5.41, 5.74) is 2.08. The number of imide groups is 2. The molecular weight excluding hydrogens is 492 g/mol. The van der Waals surface area contributed by atoms with Gasteiger partial charge in [0, 0.05) is 26.2 Å². The third-order valence-corrected chi connectivity index (χ3v) is 9.08. The van der Waals surface area contributed by atoms with E-state index in [4.69, 9.17) is 0 Å². The molecule has 4 heterocycles. The maximum atomic E-state index is 12.7. The van der Waals surface area contributed by atoms with Crippen LogP contribution >= 0.6 is 0 Å². The zero-order valence-electron chi connectivity index (χ0n) is 22.4. The Morgan fingerprint density at radius 3 is 1.13 bits per heavy atom. The van der Waals surface area contributed by atoms with E-state index in [1.54, 1.807) is 48.5 Å². The highest BCUT2D eigenvalue weighted by molar-refractivity contribution is 6.22. The van der Waals surface area contributed by atoms with E-state index in [1.165, 1.54) is 29.1 Å². The molecule has 2 fully saturated rings. The van der Waals surface area contributed by atoms with Crippen molar-refractivity contribution < 1.29 is 19.2 Å². The number of carbonyl (C=O) groups excluding carboxylic acids is 4. The van der Waals surface area contributed by atoms with E-state index < -0.39 is 0 Å². The molecule has 0 N–H and O–H groups in total. The Labute approximate surface area is 229 Å². The molecule has 0 aromatic heterocycles. The number of fused-ring (bicyclic) bond motifs is 2. The van der Waals surface area contributed by atoms with Crippen molar-refractivity contribution in [2.75, 3.05) is 39.5 Å². The van der Waals surface area contributed by atoms with E-state index in [0.717, 1.165) is 51.9 Å². The highest BCUT2D eigenvalue weighted by Gasteiger charge is 2.38. The maximum absolute atomic E-state index is 12.7. The predicted molar refractivity (Wildman–Crippen MR) is 146 cm³/mol. The number of likely N-dealkylation sites (tertiary alicyclic amines) is 2. The minimum Gasteiger partial charge on any atom is -0.286 e. The molecule has 8 heteroatoms. The summed E-state index contributed by atoms with van der Waals surface area (Å²) < 4.78 is 0. The summed E-state index contributed by atoms with van der Waals surface area (Å²) in [4.78, 5) is 57.9. The van der Waals surface area contributed by atoms with Gasteiger partial charge < -0.3 is 0 Å². The van der Waals surface area contributed by atoms with Gasteiger partial charge in [0.15, 0.2) is 0 Å². The van der Waals surface area contributed by atoms with Gasteiger partial charge >= 0.3 is 0 Å². The fraction of sp³-hybridized carbons (Fsp3) is 0.484. The minimum absolute atomic E-state index is 0.174. The van der Waals surface area contributed by atoms with E-state index in [-0.39, 0.29) is 23.6 Å². The van der Waals surface area contributed by atoms with Crippen LogP contribution in [0.1, 0.15) is 86.4 Å². The van der Waals surface area contributed by atoms with Crippen molar-refractivity contribution in [3.8, 4) is 0 Å². The molecule has 0 bridgehead atoms. The van der Waals surface area contributed by atoms with Crippen LogP contribution in [0.3, 0.4) is 0 Å². The van der Waals surface area contributed by atoms with Crippen LogP contribution < -0.4 is 0 Å². The van der Waals surface area contributed by atoms with E-state index in [9.17, 15) is 19.2 Å². The molecule has 0 atom stereocenters. The van der Waals surface area contributed by atoms with Crippen LogP contribution in [0.15, 0.2) is 48.5 Å². The Balaban J connectivity index is 0.880. The van der Waals surface area contributed by atoms with Crippen molar-refractivity contribution in [3.05, 3.63) is 70.8 Å². The van der Waals surface area contributed by atoms with Crippen molar-refractivity contribution >= 4 is 23.6 Å². The molecule has 0 radical (unpaired) electrons. The van der Waals surface area contributed by atoms with Gasteiger partial charge in [-0.15, -0.1) is 0 Å². The summed E-state index contributed by atoms with van der Waals surface area (Å²) in [7, 11) is 0.